The molecule has 5 heteroatoms. The van der Waals surface area contributed by atoms with Crippen molar-refractivity contribution in [1.29, 1.82) is 0 Å². The molecule has 3 aromatic rings. The molecule has 0 radical (unpaired) electrons. The molecule has 0 saturated heterocycles. The number of benzene rings is 2. The molecule has 0 spiro atoms. The molecule has 0 aliphatic heterocycles. The first-order chi connectivity index (χ1) is 10.8. The number of fused-ring (bicyclic) bond motifs is 3. The summed E-state index contributed by atoms with van der Waals surface area (Å²) in [4.78, 5) is 0. The van der Waals surface area contributed by atoms with Crippen LogP contribution in [0.15, 0.2) is 60.7 Å². The van der Waals surface area contributed by atoms with Crippen LogP contribution < -0.4 is 34.3 Å². The molecule has 3 aromatic carbocycles. The zero-order chi connectivity index (χ0) is 15.4. The molecular formula is C20H18Cl2O2Zr. The van der Waals surface area contributed by atoms with E-state index in [4.69, 9.17) is 9.47 Å². The Hall–Kier alpha value is -1.15. The Bertz CT molecular complexity index is 690. The van der Waals surface area contributed by atoms with Gasteiger partial charge in [-0.3, -0.25) is 0 Å². The van der Waals surface area contributed by atoms with Crippen LogP contribution >= 0.6 is 0 Å². The molecule has 0 amide bonds. The van der Waals surface area contributed by atoms with Gasteiger partial charge >= 0.3 is 26.2 Å². The van der Waals surface area contributed by atoms with E-state index in [0.717, 1.165) is 17.9 Å². The third-order valence-corrected chi connectivity index (χ3v) is 3.75. The topological polar surface area (TPSA) is 18.5 Å². The molecule has 0 N–H and O–H groups in total. The molecule has 0 unspecified atom stereocenters. The van der Waals surface area contributed by atoms with Crippen molar-refractivity contribution in [2.24, 2.45) is 0 Å². The van der Waals surface area contributed by atoms with Gasteiger partial charge in [-0.25, -0.2) is 12.1 Å². The first kappa shape index (κ1) is 23.9. The van der Waals surface area contributed by atoms with Gasteiger partial charge in [0.1, 0.15) is 5.75 Å². The largest absolute Gasteiger partial charge is 4.00 e. The van der Waals surface area contributed by atoms with Crippen LogP contribution in [0.25, 0.3) is 11.1 Å². The fourth-order valence-corrected chi connectivity index (χ4v) is 2.65. The maximum absolute atomic E-state index is 5.25. The summed E-state index contributed by atoms with van der Waals surface area (Å²) in [6.45, 7) is 0. The number of hydrogen-bond donors (Lipinski definition) is 0. The fraction of sp³-hybridized carbons (Fsp3) is 0.150. The zero-order valence-electron chi connectivity index (χ0n) is 14.1. The Balaban J connectivity index is 0.000000630. The standard InChI is InChI=1S/C15H13O2.C5H5.2ClH.Zr/c1-16-12-3-5-14-10(8-12)7-11-9-13(17-2)4-6-15(11)14;1-2-4-5-3-1;;;/h3-6,8H,7H2,1-2H3;1-5H;2*1H;/q2*-1;;;+4/p-2. The van der Waals surface area contributed by atoms with Crippen molar-refractivity contribution in [3.63, 3.8) is 0 Å². The summed E-state index contributed by atoms with van der Waals surface area (Å²) < 4.78 is 10.5. The SMILES string of the molecule is COc1[c-]c2c(cc1)-c1ccc(OC)cc1C2.[Cl-].[Cl-].[Zr+4].c1cc[cH-]c1. The van der Waals surface area contributed by atoms with Crippen molar-refractivity contribution in [2.45, 2.75) is 6.42 Å². The molecule has 0 atom stereocenters. The van der Waals surface area contributed by atoms with Crippen LogP contribution in [0.5, 0.6) is 11.5 Å². The van der Waals surface area contributed by atoms with Gasteiger partial charge in [-0.05, 0) is 24.1 Å². The van der Waals surface area contributed by atoms with Crippen LogP contribution in [0.1, 0.15) is 11.1 Å². The van der Waals surface area contributed by atoms with Gasteiger partial charge in [0, 0.05) is 5.75 Å². The number of rotatable bonds is 2. The van der Waals surface area contributed by atoms with E-state index in [9.17, 15) is 0 Å². The smallest absolute Gasteiger partial charge is 1.00 e. The molecule has 1 aliphatic rings. The first-order valence-corrected chi connectivity index (χ1v) is 7.25. The number of hydrogen-bond acceptors (Lipinski definition) is 2. The number of methoxy groups -OCH3 is 2. The second-order valence-electron chi connectivity index (χ2n) is 5.08. The third kappa shape index (κ3) is 5.67. The van der Waals surface area contributed by atoms with E-state index < -0.39 is 0 Å². The third-order valence-electron chi connectivity index (χ3n) is 3.75. The molecular weight excluding hydrogens is 434 g/mol. The molecule has 2 nitrogen and oxygen atoms in total. The van der Waals surface area contributed by atoms with E-state index in [2.05, 4.69) is 24.3 Å². The Morgan fingerprint density at radius 3 is 2.16 bits per heavy atom. The van der Waals surface area contributed by atoms with E-state index in [0.29, 0.717) is 0 Å². The fourth-order valence-electron chi connectivity index (χ4n) is 2.65. The average Bonchev–Trinajstić information content (AvgIpc) is 3.24. The molecule has 0 heterocycles. The summed E-state index contributed by atoms with van der Waals surface area (Å²) in [6.07, 6.45) is 0.902. The second kappa shape index (κ2) is 11.5. The molecule has 0 bridgehead atoms. The van der Waals surface area contributed by atoms with E-state index in [1.54, 1.807) is 14.2 Å². The Labute approximate surface area is 180 Å². The van der Waals surface area contributed by atoms with Gasteiger partial charge in [-0.2, -0.15) is 24.3 Å². The molecule has 128 valence electrons. The summed E-state index contributed by atoms with van der Waals surface area (Å²) in [5.41, 5.74) is 5.03. The van der Waals surface area contributed by atoms with Crippen LogP contribution in [-0.2, 0) is 32.6 Å². The van der Waals surface area contributed by atoms with Gasteiger partial charge in [-0.15, -0.1) is 23.3 Å². The van der Waals surface area contributed by atoms with Crippen LogP contribution in [-0.4, -0.2) is 14.2 Å². The maximum atomic E-state index is 5.25. The van der Waals surface area contributed by atoms with Crippen LogP contribution in [0.2, 0.25) is 0 Å². The van der Waals surface area contributed by atoms with E-state index in [1.165, 1.54) is 22.3 Å². The maximum Gasteiger partial charge on any atom is 4.00 e. The predicted molar refractivity (Wildman–Crippen MR) is 88.7 cm³/mol. The first-order valence-electron chi connectivity index (χ1n) is 7.25. The van der Waals surface area contributed by atoms with Crippen LogP contribution in [0.4, 0.5) is 0 Å². The summed E-state index contributed by atoms with van der Waals surface area (Å²) in [7, 11) is 3.36. The van der Waals surface area contributed by atoms with E-state index in [1.807, 2.05) is 42.5 Å². The average molecular weight is 452 g/mol. The molecule has 0 aromatic heterocycles. The minimum Gasteiger partial charge on any atom is -1.00 e. The zero-order valence-corrected chi connectivity index (χ0v) is 18.0. The van der Waals surface area contributed by atoms with Gasteiger partial charge in [0.25, 0.3) is 0 Å². The minimum absolute atomic E-state index is 0. The quantitative estimate of drug-likeness (QED) is 0.345. The van der Waals surface area contributed by atoms with Crippen molar-refractivity contribution in [3.8, 4) is 22.6 Å². The van der Waals surface area contributed by atoms with Gasteiger partial charge in [0.05, 0.1) is 14.2 Å². The summed E-state index contributed by atoms with van der Waals surface area (Å²) >= 11 is 0. The predicted octanol–water partition coefficient (Wildman–Crippen LogP) is -1.51. The molecule has 25 heavy (non-hydrogen) atoms. The Kier molecular flexibility index (Phi) is 10.9. The van der Waals surface area contributed by atoms with Gasteiger partial charge in [0.2, 0.25) is 0 Å². The van der Waals surface area contributed by atoms with Gasteiger partial charge in [-0.1, -0.05) is 11.6 Å². The molecule has 4 rings (SSSR count). The number of halogens is 2. The minimum atomic E-state index is 0. The molecule has 0 saturated carbocycles. The van der Waals surface area contributed by atoms with Crippen molar-refractivity contribution >= 4 is 0 Å². The van der Waals surface area contributed by atoms with Crippen molar-refractivity contribution in [1.82, 2.24) is 0 Å². The number of ether oxygens (including phenoxy) is 2. The molecule has 1 aliphatic carbocycles. The van der Waals surface area contributed by atoms with E-state index >= 15 is 0 Å². The summed E-state index contributed by atoms with van der Waals surface area (Å²) in [5.74, 6) is 1.70. The monoisotopic (exact) mass is 450 g/mol. The van der Waals surface area contributed by atoms with Crippen molar-refractivity contribution < 1.29 is 60.5 Å². The van der Waals surface area contributed by atoms with Gasteiger partial charge < -0.3 is 34.3 Å². The van der Waals surface area contributed by atoms with Gasteiger partial charge in [0.15, 0.2) is 0 Å². The Morgan fingerprint density at radius 1 is 0.920 bits per heavy atom. The second-order valence-corrected chi connectivity index (χ2v) is 5.08. The summed E-state index contributed by atoms with van der Waals surface area (Å²) in [5, 5.41) is 0. The van der Waals surface area contributed by atoms with Crippen LogP contribution in [0.3, 0.4) is 0 Å². The normalized spacial score (nSPS) is 9.68. The van der Waals surface area contributed by atoms with Crippen molar-refractivity contribution in [3.05, 3.63) is 77.9 Å². The molecule has 0 fully saturated rings. The van der Waals surface area contributed by atoms with Crippen molar-refractivity contribution in [2.75, 3.05) is 14.2 Å². The summed E-state index contributed by atoms with van der Waals surface area (Å²) in [6, 6.07) is 23.6. The van der Waals surface area contributed by atoms with Crippen LogP contribution in [0, 0.1) is 6.07 Å². The van der Waals surface area contributed by atoms with E-state index in [-0.39, 0.29) is 51.0 Å². The Morgan fingerprint density at radius 2 is 1.60 bits per heavy atom.